The van der Waals surface area contributed by atoms with Crippen molar-refractivity contribution in [2.45, 2.75) is 20.3 Å². The third-order valence-electron chi connectivity index (χ3n) is 2.14. The summed E-state index contributed by atoms with van der Waals surface area (Å²) in [7, 11) is 0. The van der Waals surface area contributed by atoms with Crippen LogP contribution in [0.3, 0.4) is 0 Å². The highest BCUT2D eigenvalue weighted by Crippen LogP contribution is 2.14. The molecule has 0 fully saturated rings. The summed E-state index contributed by atoms with van der Waals surface area (Å²) >= 11 is 3.37. The van der Waals surface area contributed by atoms with Gasteiger partial charge in [-0.05, 0) is 31.0 Å². The predicted molar refractivity (Wildman–Crippen MR) is 63.6 cm³/mol. The summed E-state index contributed by atoms with van der Waals surface area (Å²) in [6, 6.07) is 7.99. The summed E-state index contributed by atoms with van der Waals surface area (Å²) in [6.07, 6.45) is 0.728. The Morgan fingerprint density at radius 2 is 2.00 bits per heavy atom. The molecule has 0 aliphatic heterocycles. The van der Waals surface area contributed by atoms with Crippen LogP contribution in [0, 0.1) is 5.92 Å². The minimum absolute atomic E-state index is 0.0777. The number of rotatable bonds is 4. The Bertz CT molecular complexity index is 319. The lowest BCUT2D eigenvalue weighted by Crippen LogP contribution is -2.16. The summed E-state index contributed by atoms with van der Waals surface area (Å²) in [5, 5.41) is 0. The predicted octanol–water partition coefficient (Wildman–Crippen LogP) is 3.19. The minimum Gasteiger partial charge on any atom is -0.466 e. The van der Waals surface area contributed by atoms with Gasteiger partial charge in [0.1, 0.15) is 0 Å². The number of halogens is 1. The van der Waals surface area contributed by atoms with Crippen molar-refractivity contribution in [3.8, 4) is 0 Å². The van der Waals surface area contributed by atoms with E-state index in [1.54, 1.807) is 0 Å². The lowest BCUT2D eigenvalue weighted by atomic mass is 10.0. The molecule has 3 heteroatoms. The first-order valence-electron chi connectivity index (χ1n) is 5.04. The number of carbonyl (C=O) groups is 1. The fraction of sp³-hybridized carbons (Fsp3) is 0.417. The SMILES string of the molecule is CCOC(=O)C(C)Cc1ccc(Br)cc1. The molecule has 1 rings (SSSR count). The molecule has 0 aliphatic rings. The van der Waals surface area contributed by atoms with Gasteiger partial charge < -0.3 is 4.74 Å². The first kappa shape index (κ1) is 12.2. The second-order valence-electron chi connectivity index (χ2n) is 3.48. The van der Waals surface area contributed by atoms with Crippen LogP contribution in [0.2, 0.25) is 0 Å². The smallest absolute Gasteiger partial charge is 0.308 e. The van der Waals surface area contributed by atoms with Gasteiger partial charge in [0.15, 0.2) is 0 Å². The highest BCUT2D eigenvalue weighted by molar-refractivity contribution is 9.10. The molecule has 0 amide bonds. The van der Waals surface area contributed by atoms with Gasteiger partial charge in [0.05, 0.1) is 12.5 Å². The number of hydrogen-bond acceptors (Lipinski definition) is 2. The van der Waals surface area contributed by atoms with E-state index >= 15 is 0 Å². The molecule has 0 heterocycles. The van der Waals surface area contributed by atoms with Gasteiger partial charge in [0.25, 0.3) is 0 Å². The van der Waals surface area contributed by atoms with Crippen LogP contribution in [0.1, 0.15) is 19.4 Å². The maximum atomic E-state index is 11.4. The fourth-order valence-electron chi connectivity index (χ4n) is 1.34. The number of ether oxygens (including phenoxy) is 1. The Kier molecular flexibility index (Phi) is 4.82. The fourth-order valence-corrected chi connectivity index (χ4v) is 1.61. The van der Waals surface area contributed by atoms with Gasteiger partial charge >= 0.3 is 5.97 Å². The minimum atomic E-state index is -0.125. The monoisotopic (exact) mass is 270 g/mol. The van der Waals surface area contributed by atoms with E-state index in [0.29, 0.717) is 6.61 Å². The number of carbonyl (C=O) groups excluding carboxylic acids is 1. The second kappa shape index (κ2) is 5.91. The van der Waals surface area contributed by atoms with Crippen molar-refractivity contribution in [2.75, 3.05) is 6.61 Å². The van der Waals surface area contributed by atoms with Crippen LogP contribution in [-0.2, 0) is 16.0 Å². The van der Waals surface area contributed by atoms with E-state index < -0.39 is 0 Å². The molecule has 0 N–H and O–H groups in total. The van der Waals surface area contributed by atoms with E-state index in [0.717, 1.165) is 16.5 Å². The Labute approximate surface area is 98.8 Å². The van der Waals surface area contributed by atoms with E-state index in [9.17, 15) is 4.79 Å². The molecule has 0 bridgehead atoms. The highest BCUT2D eigenvalue weighted by atomic mass is 79.9. The van der Waals surface area contributed by atoms with Crippen LogP contribution in [0.25, 0.3) is 0 Å². The van der Waals surface area contributed by atoms with Crippen LogP contribution in [0.15, 0.2) is 28.7 Å². The Morgan fingerprint density at radius 3 is 2.53 bits per heavy atom. The summed E-state index contributed by atoms with van der Waals surface area (Å²) < 4.78 is 6.00. The van der Waals surface area contributed by atoms with Crippen LogP contribution in [0.5, 0.6) is 0 Å². The molecule has 1 atom stereocenters. The van der Waals surface area contributed by atoms with Crippen LogP contribution in [0.4, 0.5) is 0 Å². The molecule has 0 saturated carbocycles. The van der Waals surface area contributed by atoms with Crippen molar-refractivity contribution in [1.82, 2.24) is 0 Å². The molecule has 0 spiro atoms. The van der Waals surface area contributed by atoms with Crippen molar-refractivity contribution in [1.29, 1.82) is 0 Å². The quantitative estimate of drug-likeness (QED) is 0.786. The second-order valence-corrected chi connectivity index (χ2v) is 4.40. The van der Waals surface area contributed by atoms with Gasteiger partial charge in [-0.3, -0.25) is 4.79 Å². The van der Waals surface area contributed by atoms with E-state index in [2.05, 4.69) is 15.9 Å². The van der Waals surface area contributed by atoms with Gasteiger partial charge in [-0.2, -0.15) is 0 Å². The lowest BCUT2D eigenvalue weighted by molar-refractivity contribution is -0.147. The lowest BCUT2D eigenvalue weighted by Gasteiger charge is -2.10. The van der Waals surface area contributed by atoms with Gasteiger partial charge in [0.2, 0.25) is 0 Å². The molecule has 2 nitrogen and oxygen atoms in total. The molecule has 1 aromatic carbocycles. The molecule has 1 aromatic rings. The average Bonchev–Trinajstić information content (AvgIpc) is 2.22. The Balaban J connectivity index is 2.54. The number of benzene rings is 1. The maximum Gasteiger partial charge on any atom is 0.308 e. The molecular weight excluding hydrogens is 256 g/mol. The molecule has 0 aliphatic carbocycles. The van der Waals surface area contributed by atoms with Gasteiger partial charge in [-0.1, -0.05) is 35.0 Å². The summed E-state index contributed by atoms with van der Waals surface area (Å²) in [5.74, 6) is -0.202. The van der Waals surface area contributed by atoms with Gasteiger partial charge in [-0.25, -0.2) is 0 Å². The third kappa shape index (κ3) is 4.04. The largest absolute Gasteiger partial charge is 0.466 e. The number of esters is 1. The molecule has 1 unspecified atom stereocenters. The standard InChI is InChI=1S/C12H15BrO2/c1-3-15-12(14)9(2)8-10-4-6-11(13)7-5-10/h4-7,9H,3,8H2,1-2H3. The van der Waals surface area contributed by atoms with Gasteiger partial charge in [0, 0.05) is 4.47 Å². The summed E-state index contributed by atoms with van der Waals surface area (Å²) in [4.78, 5) is 11.4. The van der Waals surface area contributed by atoms with Crippen LogP contribution >= 0.6 is 15.9 Å². The normalized spacial score (nSPS) is 12.2. The summed E-state index contributed by atoms with van der Waals surface area (Å²) in [6.45, 7) is 4.16. The number of hydrogen-bond donors (Lipinski definition) is 0. The van der Waals surface area contributed by atoms with Crippen molar-refractivity contribution in [3.63, 3.8) is 0 Å². The molecule has 0 radical (unpaired) electrons. The van der Waals surface area contributed by atoms with E-state index in [1.807, 2.05) is 38.1 Å². The Hall–Kier alpha value is -0.830. The zero-order valence-electron chi connectivity index (χ0n) is 9.00. The van der Waals surface area contributed by atoms with Crippen molar-refractivity contribution in [3.05, 3.63) is 34.3 Å². The van der Waals surface area contributed by atoms with Crippen molar-refractivity contribution >= 4 is 21.9 Å². The third-order valence-corrected chi connectivity index (χ3v) is 2.67. The van der Waals surface area contributed by atoms with E-state index in [4.69, 9.17) is 4.74 Å². The molecule has 15 heavy (non-hydrogen) atoms. The van der Waals surface area contributed by atoms with Crippen LogP contribution < -0.4 is 0 Å². The molecule has 0 aromatic heterocycles. The average molecular weight is 271 g/mol. The summed E-state index contributed by atoms with van der Waals surface area (Å²) in [5.41, 5.74) is 1.15. The van der Waals surface area contributed by atoms with Crippen molar-refractivity contribution in [2.24, 2.45) is 5.92 Å². The molecule has 82 valence electrons. The molecular formula is C12H15BrO2. The highest BCUT2D eigenvalue weighted by Gasteiger charge is 2.14. The first-order valence-corrected chi connectivity index (χ1v) is 5.84. The van der Waals surface area contributed by atoms with Gasteiger partial charge in [-0.15, -0.1) is 0 Å². The van der Waals surface area contributed by atoms with Crippen molar-refractivity contribution < 1.29 is 9.53 Å². The topological polar surface area (TPSA) is 26.3 Å². The zero-order valence-corrected chi connectivity index (χ0v) is 10.6. The van der Waals surface area contributed by atoms with E-state index in [1.165, 1.54) is 0 Å². The maximum absolute atomic E-state index is 11.4. The van der Waals surface area contributed by atoms with E-state index in [-0.39, 0.29) is 11.9 Å². The first-order chi connectivity index (χ1) is 7.13. The Morgan fingerprint density at radius 1 is 1.40 bits per heavy atom. The molecule has 0 saturated heterocycles. The van der Waals surface area contributed by atoms with Crippen LogP contribution in [-0.4, -0.2) is 12.6 Å². The zero-order chi connectivity index (χ0) is 11.3.